The highest BCUT2D eigenvalue weighted by atomic mass is 16.5. The molecule has 178 valence electrons. The van der Waals surface area contributed by atoms with E-state index >= 15 is 0 Å². The first kappa shape index (κ1) is 24.7. The van der Waals surface area contributed by atoms with Crippen molar-refractivity contribution in [1.82, 2.24) is 10.6 Å². The van der Waals surface area contributed by atoms with Crippen LogP contribution in [0.1, 0.15) is 51.4 Å². The van der Waals surface area contributed by atoms with Crippen LogP contribution in [-0.2, 0) is 20.9 Å². The van der Waals surface area contributed by atoms with E-state index in [0.29, 0.717) is 6.54 Å². The third kappa shape index (κ3) is 6.33. The highest BCUT2D eigenvalue weighted by Crippen LogP contribution is 2.27. The molecule has 0 fully saturated rings. The second-order valence-corrected chi connectivity index (χ2v) is 8.53. The lowest BCUT2D eigenvalue weighted by molar-refractivity contribution is -0.133. The topological polar surface area (TPSA) is 101 Å². The molecule has 0 saturated heterocycles. The number of hydrogen-bond donors (Lipinski definition) is 3. The molecule has 3 N–H and O–H groups in total. The number of hydrogen-bond acceptors (Lipinski definition) is 5. The van der Waals surface area contributed by atoms with E-state index in [2.05, 4.69) is 10.6 Å². The van der Waals surface area contributed by atoms with Crippen LogP contribution in [0.3, 0.4) is 0 Å². The molecule has 1 heterocycles. The molecular weight excluding hydrogens is 420 g/mol. The molecule has 1 aliphatic carbocycles. The Morgan fingerprint density at radius 2 is 1.91 bits per heavy atom. The van der Waals surface area contributed by atoms with Gasteiger partial charge in [-0.1, -0.05) is 38.1 Å². The zero-order valence-electron chi connectivity index (χ0n) is 19.8. The summed E-state index contributed by atoms with van der Waals surface area (Å²) < 4.78 is 12.3. The number of amides is 1. The molecule has 0 radical (unpaired) electrons. The van der Waals surface area contributed by atoms with Crippen molar-refractivity contribution in [3.05, 3.63) is 59.4 Å². The van der Waals surface area contributed by atoms with Crippen LogP contribution in [-0.4, -0.2) is 41.3 Å². The Morgan fingerprint density at radius 3 is 2.55 bits per heavy atom. The Hall–Kier alpha value is -2.90. The maximum Gasteiger partial charge on any atom is 0.331 e. The highest BCUT2D eigenvalue weighted by molar-refractivity contribution is 5.87. The standard InChI is InChI=1S/C26H34N2O5/c1-5-19(6-2)32-24-14-18(26(30)31)13-22(25(24)28-17(4)29)27-15-20-11-12-23(33-20)21-10-8-7-9-16(21)3/h7-12,14,19,22,24-25,27H,5-6,13,15H2,1-4H3,(H,28,29)(H,30,31)/t22-,24+,25+/m0/s1. The minimum Gasteiger partial charge on any atom is -0.478 e. The molecule has 7 nitrogen and oxygen atoms in total. The third-order valence-corrected chi connectivity index (χ3v) is 6.11. The fraction of sp³-hybridized carbons (Fsp3) is 0.462. The third-order valence-electron chi connectivity index (χ3n) is 6.11. The number of benzene rings is 1. The minimum atomic E-state index is -0.971. The number of carbonyl (C=O) groups is 2. The second-order valence-electron chi connectivity index (χ2n) is 8.53. The Kier molecular flexibility index (Phi) is 8.47. The van der Waals surface area contributed by atoms with Crippen molar-refractivity contribution in [2.75, 3.05) is 0 Å². The summed E-state index contributed by atoms with van der Waals surface area (Å²) in [7, 11) is 0. The van der Waals surface area contributed by atoms with Crippen LogP contribution in [0.15, 0.2) is 52.5 Å². The van der Waals surface area contributed by atoms with Gasteiger partial charge in [-0.15, -0.1) is 0 Å². The van der Waals surface area contributed by atoms with Crippen molar-refractivity contribution < 1.29 is 23.8 Å². The molecule has 3 rings (SSSR count). The van der Waals surface area contributed by atoms with Crippen LogP contribution < -0.4 is 10.6 Å². The van der Waals surface area contributed by atoms with Gasteiger partial charge in [-0.2, -0.15) is 0 Å². The number of aliphatic carboxylic acids is 1. The van der Waals surface area contributed by atoms with Gasteiger partial charge in [0.1, 0.15) is 11.5 Å². The first-order valence-electron chi connectivity index (χ1n) is 11.6. The molecular formula is C26H34N2O5. The van der Waals surface area contributed by atoms with E-state index < -0.39 is 18.1 Å². The summed E-state index contributed by atoms with van der Waals surface area (Å²) in [6.45, 7) is 7.96. The monoisotopic (exact) mass is 454 g/mol. The van der Waals surface area contributed by atoms with Gasteiger partial charge in [-0.05, 0) is 50.0 Å². The Labute approximate surface area is 195 Å². The fourth-order valence-electron chi connectivity index (χ4n) is 4.26. The van der Waals surface area contributed by atoms with Crippen molar-refractivity contribution >= 4 is 11.9 Å². The molecule has 1 amide bonds. The zero-order valence-corrected chi connectivity index (χ0v) is 19.8. The van der Waals surface area contributed by atoms with Gasteiger partial charge < -0.3 is 24.9 Å². The normalized spacial score (nSPS) is 20.5. The number of carboxylic acids is 1. The molecule has 0 spiro atoms. The van der Waals surface area contributed by atoms with Gasteiger partial charge in [-0.3, -0.25) is 4.79 Å². The van der Waals surface area contributed by atoms with Gasteiger partial charge in [-0.25, -0.2) is 4.79 Å². The molecule has 2 aromatic rings. The predicted molar refractivity (Wildman–Crippen MR) is 127 cm³/mol. The summed E-state index contributed by atoms with van der Waals surface area (Å²) in [5.74, 6) is 0.366. The van der Waals surface area contributed by atoms with E-state index in [0.717, 1.165) is 35.5 Å². The van der Waals surface area contributed by atoms with Crippen LogP contribution in [0.5, 0.6) is 0 Å². The SMILES string of the molecule is CCC(CC)O[C@@H]1C=C(C(=O)O)C[C@H](NCc2ccc(-c3ccccc3C)o2)[C@H]1NC(C)=O. The zero-order chi connectivity index (χ0) is 24.0. The number of rotatable bonds is 10. The van der Waals surface area contributed by atoms with Crippen molar-refractivity contribution in [1.29, 1.82) is 0 Å². The Morgan fingerprint density at radius 1 is 1.18 bits per heavy atom. The Bertz CT molecular complexity index is 992. The Balaban J connectivity index is 1.79. The van der Waals surface area contributed by atoms with Crippen LogP contribution in [0.4, 0.5) is 0 Å². The molecule has 33 heavy (non-hydrogen) atoms. The quantitative estimate of drug-likeness (QED) is 0.497. The van der Waals surface area contributed by atoms with Crippen molar-refractivity contribution in [2.45, 2.75) is 77.8 Å². The lowest BCUT2D eigenvalue weighted by Gasteiger charge is -2.38. The number of nitrogens with one attached hydrogen (secondary N) is 2. The predicted octanol–water partition coefficient (Wildman–Crippen LogP) is 4.21. The van der Waals surface area contributed by atoms with E-state index in [1.165, 1.54) is 6.92 Å². The van der Waals surface area contributed by atoms with Crippen LogP contribution in [0.2, 0.25) is 0 Å². The molecule has 0 unspecified atom stereocenters. The summed E-state index contributed by atoms with van der Waals surface area (Å²) in [5, 5.41) is 16.1. The van der Waals surface area contributed by atoms with Gasteiger partial charge in [0.25, 0.3) is 0 Å². The lowest BCUT2D eigenvalue weighted by atomic mass is 9.87. The van der Waals surface area contributed by atoms with Gasteiger partial charge >= 0.3 is 5.97 Å². The molecule has 1 aromatic carbocycles. The van der Waals surface area contributed by atoms with Crippen LogP contribution >= 0.6 is 0 Å². The van der Waals surface area contributed by atoms with E-state index in [-0.39, 0.29) is 30.0 Å². The van der Waals surface area contributed by atoms with Gasteiger partial charge in [0.2, 0.25) is 5.91 Å². The largest absolute Gasteiger partial charge is 0.478 e. The fourth-order valence-corrected chi connectivity index (χ4v) is 4.26. The highest BCUT2D eigenvalue weighted by Gasteiger charge is 2.37. The second kappa shape index (κ2) is 11.3. The average Bonchev–Trinajstić information content (AvgIpc) is 3.25. The molecule has 7 heteroatoms. The maximum absolute atomic E-state index is 12.0. The number of furan rings is 1. The number of ether oxygens (including phenoxy) is 1. The molecule has 0 saturated carbocycles. The number of carboxylic acid groups (broad SMARTS) is 1. The molecule has 1 aliphatic rings. The van der Waals surface area contributed by atoms with Crippen LogP contribution in [0.25, 0.3) is 11.3 Å². The van der Waals surface area contributed by atoms with Crippen LogP contribution in [0, 0.1) is 6.92 Å². The first-order valence-corrected chi connectivity index (χ1v) is 11.6. The molecule has 3 atom stereocenters. The minimum absolute atomic E-state index is 0.0157. The van der Waals surface area contributed by atoms with Crippen molar-refractivity contribution in [3.63, 3.8) is 0 Å². The van der Waals surface area contributed by atoms with Gasteiger partial charge in [0.05, 0.1) is 24.8 Å². The molecule has 0 aliphatic heterocycles. The van der Waals surface area contributed by atoms with Crippen molar-refractivity contribution in [3.8, 4) is 11.3 Å². The van der Waals surface area contributed by atoms with Crippen molar-refractivity contribution in [2.24, 2.45) is 0 Å². The smallest absolute Gasteiger partial charge is 0.331 e. The summed E-state index contributed by atoms with van der Waals surface area (Å²) in [4.78, 5) is 23.8. The summed E-state index contributed by atoms with van der Waals surface area (Å²) >= 11 is 0. The van der Waals surface area contributed by atoms with Gasteiger partial charge in [0.15, 0.2) is 0 Å². The number of carbonyl (C=O) groups excluding carboxylic acids is 1. The molecule has 0 bridgehead atoms. The summed E-state index contributed by atoms with van der Waals surface area (Å²) in [5.41, 5.74) is 2.44. The number of aryl methyl sites for hydroxylation is 1. The van der Waals surface area contributed by atoms with E-state index in [1.54, 1.807) is 6.08 Å². The lowest BCUT2D eigenvalue weighted by Crippen LogP contribution is -2.58. The van der Waals surface area contributed by atoms with E-state index in [4.69, 9.17) is 9.15 Å². The average molecular weight is 455 g/mol. The van der Waals surface area contributed by atoms with Gasteiger partial charge in [0, 0.05) is 24.1 Å². The van der Waals surface area contributed by atoms with E-state index in [9.17, 15) is 14.7 Å². The maximum atomic E-state index is 12.0. The van der Waals surface area contributed by atoms with E-state index in [1.807, 2.05) is 57.2 Å². The summed E-state index contributed by atoms with van der Waals surface area (Å²) in [6.07, 6.45) is 2.98. The first-order chi connectivity index (χ1) is 15.8. The summed E-state index contributed by atoms with van der Waals surface area (Å²) in [6, 6.07) is 11.2. The molecule has 1 aromatic heterocycles.